The van der Waals surface area contributed by atoms with E-state index in [9.17, 15) is 0 Å². The smallest absolute Gasteiger partial charge is 0.0476 e. The van der Waals surface area contributed by atoms with Gasteiger partial charge in [0.25, 0.3) is 0 Å². The summed E-state index contributed by atoms with van der Waals surface area (Å²) in [5.74, 6) is 0. The molecule has 0 spiro atoms. The Bertz CT molecular complexity index is 182. The van der Waals surface area contributed by atoms with Crippen LogP contribution in [0.2, 0.25) is 0 Å². The summed E-state index contributed by atoms with van der Waals surface area (Å²) in [6.07, 6.45) is 6.73. The Morgan fingerprint density at radius 3 is 2.67 bits per heavy atom. The normalized spacial score (nSPS) is 33.4. The van der Waals surface area contributed by atoms with E-state index in [4.69, 9.17) is 4.74 Å². The predicted molar refractivity (Wildman–Crippen MR) is 66.5 cm³/mol. The maximum absolute atomic E-state index is 5.40. The fourth-order valence-corrected chi connectivity index (χ4v) is 4.25. The molecule has 3 heteroatoms. The molecule has 0 aromatic heterocycles. The molecule has 0 amide bonds. The highest BCUT2D eigenvalue weighted by Gasteiger charge is 2.27. The standard InChI is InChI=1S/C12H23NOS/c1-2-13-10-3-4-12(9-10)15-11-5-7-14-8-6-11/h10-13H,2-9H2,1H3. The Morgan fingerprint density at radius 2 is 1.93 bits per heavy atom. The largest absolute Gasteiger partial charge is 0.381 e. The molecular weight excluding hydrogens is 206 g/mol. The van der Waals surface area contributed by atoms with Crippen LogP contribution in [0.4, 0.5) is 0 Å². The minimum Gasteiger partial charge on any atom is -0.381 e. The fraction of sp³-hybridized carbons (Fsp3) is 1.00. The van der Waals surface area contributed by atoms with Gasteiger partial charge in [0, 0.05) is 29.8 Å². The van der Waals surface area contributed by atoms with E-state index in [-0.39, 0.29) is 0 Å². The molecule has 2 rings (SSSR count). The lowest BCUT2D eigenvalue weighted by Gasteiger charge is -2.24. The molecule has 2 nitrogen and oxygen atoms in total. The summed E-state index contributed by atoms with van der Waals surface area (Å²) >= 11 is 2.24. The molecule has 15 heavy (non-hydrogen) atoms. The van der Waals surface area contributed by atoms with E-state index in [1.165, 1.54) is 32.1 Å². The number of ether oxygens (including phenoxy) is 1. The van der Waals surface area contributed by atoms with Crippen molar-refractivity contribution in [3.05, 3.63) is 0 Å². The van der Waals surface area contributed by atoms with Crippen LogP contribution in [0.15, 0.2) is 0 Å². The highest BCUT2D eigenvalue weighted by molar-refractivity contribution is 8.00. The number of hydrogen-bond acceptors (Lipinski definition) is 3. The van der Waals surface area contributed by atoms with Crippen LogP contribution in [0, 0.1) is 0 Å². The SMILES string of the molecule is CCNC1CCC(SC2CCOCC2)C1. The minimum absolute atomic E-state index is 0.798. The molecule has 2 unspecified atom stereocenters. The highest BCUT2D eigenvalue weighted by Crippen LogP contribution is 2.35. The summed E-state index contributed by atoms with van der Waals surface area (Å²) < 4.78 is 5.40. The van der Waals surface area contributed by atoms with Gasteiger partial charge in [-0.05, 0) is 38.6 Å². The molecule has 1 saturated carbocycles. The third-order valence-corrected chi connectivity index (χ3v) is 5.10. The molecule has 2 atom stereocenters. The van der Waals surface area contributed by atoms with E-state index in [0.29, 0.717) is 0 Å². The van der Waals surface area contributed by atoms with Crippen LogP contribution in [0.5, 0.6) is 0 Å². The van der Waals surface area contributed by atoms with Crippen LogP contribution in [0.1, 0.15) is 39.0 Å². The van der Waals surface area contributed by atoms with Gasteiger partial charge in [-0.1, -0.05) is 6.92 Å². The fourth-order valence-electron chi connectivity index (χ4n) is 2.62. The Balaban J connectivity index is 1.67. The zero-order chi connectivity index (χ0) is 10.5. The van der Waals surface area contributed by atoms with Crippen molar-refractivity contribution in [2.45, 2.75) is 55.6 Å². The predicted octanol–water partition coefficient (Wildman–Crippen LogP) is 2.43. The van der Waals surface area contributed by atoms with E-state index >= 15 is 0 Å². The van der Waals surface area contributed by atoms with Crippen LogP contribution in [-0.4, -0.2) is 36.3 Å². The van der Waals surface area contributed by atoms with Gasteiger partial charge in [0.1, 0.15) is 0 Å². The summed E-state index contributed by atoms with van der Waals surface area (Å²) in [6, 6.07) is 0.798. The zero-order valence-corrected chi connectivity index (χ0v) is 10.5. The van der Waals surface area contributed by atoms with Crippen molar-refractivity contribution in [2.75, 3.05) is 19.8 Å². The molecule has 2 aliphatic rings. The molecule has 0 aromatic carbocycles. The first-order chi connectivity index (χ1) is 7.38. The summed E-state index contributed by atoms with van der Waals surface area (Å²) in [5.41, 5.74) is 0. The van der Waals surface area contributed by atoms with Crippen molar-refractivity contribution in [2.24, 2.45) is 0 Å². The second-order valence-corrected chi connectivity index (χ2v) is 6.24. The first-order valence-corrected chi connectivity index (χ1v) is 7.29. The molecule has 1 heterocycles. The maximum Gasteiger partial charge on any atom is 0.0476 e. The van der Waals surface area contributed by atoms with Gasteiger partial charge in [0.15, 0.2) is 0 Å². The number of nitrogens with one attached hydrogen (secondary N) is 1. The molecule has 0 bridgehead atoms. The average molecular weight is 229 g/mol. The van der Waals surface area contributed by atoms with Gasteiger partial charge in [-0.25, -0.2) is 0 Å². The first kappa shape index (κ1) is 11.7. The molecule has 88 valence electrons. The van der Waals surface area contributed by atoms with Crippen LogP contribution in [0.3, 0.4) is 0 Å². The highest BCUT2D eigenvalue weighted by atomic mass is 32.2. The molecule has 0 aromatic rings. The number of rotatable bonds is 4. The average Bonchev–Trinajstić information content (AvgIpc) is 2.68. The van der Waals surface area contributed by atoms with Crippen molar-refractivity contribution in [3.63, 3.8) is 0 Å². The van der Waals surface area contributed by atoms with Crippen LogP contribution in [-0.2, 0) is 4.74 Å². The third kappa shape index (κ3) is 3.65. The molecule has 1 aliphatic heterocycles. The second kappa shape index (κ2) is 6.12. The number of thioether (sulfide) groups is 1. The van der Waals surface area contributed by atoms with Gasteiger partial charge in [-0.15, -0.1) is 0 Å². The molecule has 2 fully saturated rings. The molecular formula is C12H23NOS. The van der Waals surface area contributed by atoms with Gasteiger partial charge in [0.2, 0.25) is 0 Å². The quantitative estimate of drug-likeness (QED) is 0.800. The van der Waals surface area contributed by atoms with Gasteiger partial charge in [0.05, 0.1) is 0 Å². The van der Waals surface area contributed by atoms with Crippen molar-refractivity contribution in [1.82, 2.24) is 5.32 Å². The van der Waals surface area contributed by atoms with E-state index in [1.54, 1.807) is 0 Å². The maximum atomic E-state index is 5.40. The Kier molecular flexibility index (Phi) is 4.79. The Hall–Kier alpha value is 0.270. The molecule has 0 radical (unpaired) electrons. The summed E-state index contributed by atoms with van der Waals surface area (Å²) in [4.78, 5) is 0. The topological polar surface area (TPSA) is 21.3 Å². The van der Waals surface area contributed by atoms with E-state index in [0.717, 1.165) is 36.3 Å². The second-order valence-electron chi connectivity index (χ2n) is 4.64. The van der Waals surface area contributed by atoms with Gasteiger partial charge < -0.3 is 10.1 Å². The minimum atomic E-state index is 0.798. The lowest BCUT2D eigenvalue weighted by Crippen LogP contribution is -2.26. The molecule has 1 saturated heterocycles. The van der Waals surface area contributed by atoms with Gasteiger partial charge >= 0.3 is 0 Å². The summed E-state index contributed by atoms with van der Waals surface area (Å²) in [7, 11) is 0. The molecule has 1 aliphatic carbocycles. The van der Waals surface area contributed by atoms with Crippen LogP contribution < -0.4 is 5.32 Å². The lowest BCUT2D eigenvalue weighted by atomic mass is 10.2. The lowest BCUT2D eigenvalue weighted by molar-refractivity contribution is 0.0999. The van der Waals surface area contributed by atoms with Crippen molar-refractivity contribution in [1.29, 1.82) is 0 Å². The number of hydrogen-bond donors (Lipinski definition) is 1. The van der Waals surface area contributed by atoms with E-state index in [1.807, 2.05) is 0 Å². The van der Waals surface area contributed by atoms with Crippen molar-refractivity contribution in [3.8, 4) is 0 Å². The van der Waals surface area contributed by atoms with E-state index < -0.39 is 0 Å². The molecule has 1 N–H and O–H groups in total. The Labute approximate surface area is 97.5 Å². The summed E-state index contributed by atoms with van der Waals surface area (Å²) in [5, 5.41) is 5.37. The first-order valence-electron chi connectivity index (χ1n) is 6.35. The van der Waals surface area contributed by atoms with E-state index in [2.05, 4.69) is 24.0 Å². The van der Waals surface area contributed by atoms with Crippen LogP contribution in [0.25, 0.3) is 0 Å². The van der Waals surface area contributed by atoms with Crippen molar-refractivity contribution < 1.29 is 4.74 Å². The van der Waals surface area contributed by atoms with Crippen molar-refractivity contribution >= 4 is 11.8 Å². The van der Waals surface area contributed by atoms with Gasteiger partial charge in [-0.3, -0.25) is 0 Å². The Morgan fingerprint density at radius 1 is 1.13 bits per heavy atom. The summed E-state index contributed by atoms with van der Waals surface area (Å²) in [6.45, 7) is 5.31. The third-order valence-electron chi connectivity index (χ3n) is 3.43. The monoisotopic (exact) mass is 229 g/mol. The zero-order valence-electron chi connectivity index (χ0n) is 9.71. The van der Waals surface area contributed by atoms with Crippen LogP contribution >= 0.6 is 11.8 Å². The van der Waals surface area contributed by atoms with Gasteiger partial charge in [-0.2, -0.15) is 11.8 Å².